The molecule has 0 aliphatic heterocycles. The van der Waals surface area contributed by atoms with Crippen LogP contribution in [0.4, 0.5) is 5.82 Å². The third-order valence-corrected chi connectivity index (χ3v) is 4.64. The van der Waals surface area contributed by atoms with Crippen molar-refractivity contribution < 1.29 is 18.3 Å². The number of hydrogen-bond acceptors (Lipinski definition) is 5. The number of pyridine rings is 1. The summed E-state index contributed by atoms with van der Waals surface area (Å²) < 4.78 is 25.5. The van der Waals surface area contributed by atoms with Gasteiger partial charge in [0, 0.05) is 10.8 Å². The van der Waals surface area contributed by atoms with E-state index in [9.17, 15) is 13.2 Å². The minimum Gasteiger partial charge on any atom is -0.480 e. The van der Waals surface area contributed by atoms with Crippen molar-refractivity contribution in [2.24, 2.45) is 0 Å². The van der Waals surface area contributed by atoms with Crippen molar-refractivity contribution >= 4 is 43.6 Å². The Hall–Kier alpha value is -2.61. The molecule has 1 atom stereocenters. The fraction of sp³-hybridized carbons (Fsp3) is 0.200. The van der Waals surface area contributed by atoms with E-state index in [2.05, 4.69) is 10.3 Å². The van der Waals surface area contributed by atoms with Gasteiger partial charge in [-0.05, 0) is 19.1 Å². The first-order chi connectivity index (χ1) is 10.8. The van der Waals surface area contributed by atoms with E-state index in [0.29, 0.717) is 22.2 Å². The number of hydrogen-bond donors (Lipinski definition) is 2. The second-order valence-electron chi connectivity index (χ2n) is 5.34. The molecule has 2 heterocycles. The number of nitrogens with one attached hydrogen (secondary N) is 1. The molecular formula is C15H15N3O4S. The van der Waals surface area contributed by atoms with Crippen LogP contribution in [0.1, 0.15) is 6.92 Å². The number of carboxylic acid groups (broad SMARTS) is 1. The molecule has 1 aromatic carbocycles. The number of fused-ring (bicyclic) bond motifs is 3. The molecule has 0 aliphatic rings. The van der Waals surface area contributed by atoms with E-state index in [4.69, 9.17) is 5.11 Å². The van der Waals surface area contributed by atoms with Crippen LogP contribution in [0.15, 0.2) is 36.5 Å². The quantitative estimate of drug-likeness (QED) is 0.756. The molecule has 0 saturated heterocycles. The lowest BCUT2D eigenvalue weighted by molar-refractivity contribution is -0.137. The zero-order chi connectivity index (χ0) is 16.8. The first kappa shape index (κ1) is 15.3. The molecule has 3 aromatic rings. The van der Waals surface area contributed by atoms with E-state index < -0.39 is 22.0 Å². The predicted molar refractivity (Wildman–Crippen MR) is 88.2 cm³/mol. The number of carboxylic acids is 1. The molecule has 3 rings (SSSR count). The third kappa shape index (κ3) is 2.61. The number of aliphatic carboxylic acids is 1. The Labute approximate surface area is 132 Å². The molecule has 0 aliphatic carbocycles. The maximum Gasteiger partial charge on any atom is 0.325 e. The third-order valence-electron chi connectivity index (χ3n) is 3.58. The van der Waals surface area contributed by atoms with Crippen molar-refractivity contribution in [3.05, 3.63) is 36.5 Å². The number of anilines is 1. The van der Waals surface area contributed by atoms with Gasteiger partial charge in [-0.3, -0.25) is 4.79 Å². The average molecular weight is 333 g/mol. The van der Waals surface area contributed by atoms with E-state index in [1.165, 1.54) is 17.1 Å². The summed E-state index contributed by atoms with van der Waals surface area (Å²) in [7, 11) is -3.50. The molecule has 0 unspecified atom stereocenters. The molecule has 8 heteroatoms. The van der Waals surface area contributed by atoms with E-state index in [1.54, 1.807) is 18.2 Å². The summed E-state index contributed by atoms with van der Waals surface area (Å²) in [6.45, 7) is 1.51. The lowest BCUT2D eigenvalue weighted by Crippen LogP contribution is -2.25. The van der Waals surface area contributed by atoms with Gasteiger partial charge in [0.15, 0.2) is 0 Å². The van der Waals surface area contributed by atoms with Gasteiger partial charge in [-0.1, -0.05) is 18.2 Å². The molecule has 0 bridgehead atoms. The van der Waals surface area contributed by atoms with Gasteiger partial charge in [0.05, 0.1) is 23.5 Å². The zero-order valence-corrected chi connectivity index (χ0v) is 13.3. The SMILES string of the molecule is C[C@H](Nc1cc2c3ccccc3n(S(C)(=O)=O)c2cn1)C(=O)O. The number of benzene rings is 1. The van der Waals surface area contributed by atoms with Gasteiger partial charge in [-0.2, -0.15) is 0 Å². The van der Waals surface area contributed by atoms with Crippen molar-refractivity contribution in [3.63, 3.8) is 0 Å². The summed E-state index contributed by atoms with van der Waals surface area (Å²) >= 11 is 0. The molecule has 2 aromatic heterocycles. The summed E-state index contributed by atoms with van der Waals surface area (Å²) in [4.78, 5) is 15.1. The molecule has 7 nitrogen and oxygen atoms in total. The summed E-state index contributed by atoms with van der Waals surface area (Å²) in [5, 5.41) is 13.2. The van der Waals surface area contributed by atoms with Gasteiger partial charge in [0.25, 0.3) is 0 Å². The highest BCUT2D eigenvalue weighted by atomic mass is 32.2. The highest BCUT2D eigenvalue weighted by Gasteiger charge is 2.18. The first-order valence-electron chi connectivity index (χ1n) is 6.88. The van der Waals surface area contributed by atoms with Crippen molar-refractivity contribution in [2.75, 3.05) is 11.6 Å². The average Bonchev–Trinajstić information content (AvgIpc) is 2.81. The second kappa shape index (κ2) is 5.24. The lowest BCUT2D eigenvalue weighted by atomic mass is 10.2. The van der Waals surface area contributed by atoms with Crippen LogP contribution in [-0.4, -0.2) is 40.7 Å². The Morgan fingerprint density at radius 3 is 2.61 bits per heavy atom. The first-order valence-corrected chi connectivity index (χ1v) is 8.73. The number of nitrogens with zero attached hydrogens (tertiary/aromatic N) is 2. The Morgan fingerprint density at radius 1 is 1.26 bits per heavy atom. The minimum absolute atomic E-state index is 0.379. The topological polar surface area (TPSA) is 101 Å². The van der Waals surface area contributed by atoms with E-state index >= 15 is 0 Å². The Balaban J connectivity index is 2.28. The second-order valence-corrected chi connectivity index (χ2v) is 7.17. The van der Waals surface area contributed by atoms with Crippen LogP contribution in [0.5, 0.6) is 0 Å². The highest BCUT2D eigenvalue weighted by Crippen LogP contribution is 2.31. The largest absolute Gasteiger partial charge is 0.480 e. The summed E-state index contributed by atoms with van der Waals surface area (Å²) in [5.41, 5.74) is 1.03. The van der Waals surface area contributed by atoms with Gasteiger partial charge in [-0.15, -0.1) is 0 Å². The molecule has 0 radical (unpaired) electrons. The molecular weight excluding hydrogens is 318 g/mol. The molecule has 120 valence electrons. The Morgan fingerprint density at radius 2 is 1.96 bits per heavy atom. The monoisotopic (exact) mass is 333 g/mol. The van der Waals surface area contributed by atoms with Crippen molar-refractivity contribution in [2.45, 2.75) is 13.0 Å². The van der Waals surface area contributed by atoms with Crippen LogP contribution in [0.2, 0.25) is 0 Å². The molecule has 0 spiro atoms. The molecule has 0 saturated carbocycles. The number of aromatic nitrogens is 2. The predicted octanol–water partition coefficient (Wildman–Crippen LogP) is 1.88. The lowest BCUT2D eigenvalue weighted by Gasteiger charge is -2.10. The van der Waals surface area contributed by atoms with Crippen LogP contribution >= 0.6 is 0 Å². The van der Waals surface area contributed by atoms with E-state index in [0.717, 1.165) is 11.6 Å². The van der Waals surface area contributed by atoms with Gasteiger partial charge < -0.3 is 10.4 Å². The molecule has 0 fully saturated rings. The Bertz CT molecular complexity index is 1020. The van der Waals surface area contributed by atoms with Crippen molar-refractivity contribution in [1.82, 2.24) is 8.96 Å². The molecule has 0 amide bonds. The van der Waals surface area contributed by atoms with Crippen molar-refractivity contribution in [1.29, 1.82) is 0 Å². The maximum absolute atomic E-state index is 12.1. The van der Waals surface area contributed by atoms with Gasteiger partial charge in [0.2, 0.25) is 10.0 Å². The van der Waals surface area contributed by atoms with E-state index in [-0.39, 0.29) is 0 Å². The summed E-state index contributed by atoms with van der Waals surface area (Å²) in [5.74, 6) is -0.616. The summed E-state index contributed by atoms with van der Waals surface area (Å²) in [6, 6.07) is 8.00. The number of rotatable bonds is 4. The van der Waals surface area contributed by atoms with Crippen LogP contribution in [-0.2, 0) is 14.8 Å². The molecule has 2 N–H and O–H groups in total. The summed E-state index contributed by atoms with van der Waals surface area (Å²) in [6.07, 6.45) is 2.57. The highest BCUT2D eigenvalue weighted by molar-refractivity contribution is 7.89. The fourth-order valence-electron chi connectivity index (χ4n) is 2.55. The van der Waals surface area contributed by atoms with Crippen LogP contribution in [0.3, 0.4) is 0 Å². The smallest absolute Gasteiger partial charge is 0.325 e. The van der Waals surface area contributed by atoms with Gasteiger partial charge in [-0.25, -0.2) is 17.4 Å². The Kier molecular flexibility index (Phi) is 3.48. The van der Waals surface area contributed by atoms with Crippen LogP contribution < -0.4 is 5.32 Å². The standard InChI is InChI=1S/C15H15N3O4S/c1-9(15(19)20)17-14-7-11-10-5-3-4-6-12(10)18(23(2,21)22)13(11)8-16-14/h3-9H,1-2H3,(H,16,17)(H,19,20)/t9-/m0/s1. The van der Waals surface area contributed by atoms with Crippen LogP contribution in [0, 0.1) is 0 Å². The zero-order valence-electron chi connectivity index (χ0n) is 12.5. The minimum atomic E-state index is -3.50. The van der Waals surface area contributed by atoms with Gasteiger partial charge in [0.1, 0.15) is 11.9 Å². The number of para-hydroxylation sites is 1. The maximum atomic E-state index is 12.1. The van der Waals surface area contributed by atoms with E-state index in [1.807, 2.05) is 12.1 Å². The number of carbonyl (C=O) groups is 1. The van der Waals surface area contributed by atoms with Gasteiger partial charge >= 0.3 is 5.97 Å². The molecule has 23 heavy (non-hydrogen) atoms. The fourth-order valence-corrected chi connectivity index (χ4v) is 3.57. The van der Waals surface area contributed by atoms with Crippen LogP contribution in [0.25, 0.3) is 21.8 Å². The van der Waals surface area contributed by atoms with Crippen molar-refractivity contribution in [3.8, 4) is 0 Å². The normalized spacial score (nSPS) is 13.3.